The van der Waals surface area contributed by atoms with Gasteiger partial charge in [0.2, 0.25) is 0 Å². The first-order valence-electron chi connectivity index (χ1n) is 1.44. The summed E-state index contributed by atoms with van der Waals surface area (Å²) in [6, 6.07) is 0. The van der Waals surface area contributed by atoms with Gasteiger partial charge in [0.1, 0.15) is 6.20 Å². The van der Waals surface area contributed by atoms with Crippen LogP contribution in [0.25, 0.3) is 0 Å². The molecule has 0 aliphatic carbocycles. The van der Waals surface area contributed by atoms with Gasteiger partial charge in [0.05, 0.1) is 0 Å². The molecule has 0 amide bonds. The molecule has 0 saturated carbocycles. The Kier molecular flexibility index (Phi) is 0.506. The first kappa shape index (κ1) is 3.14. The lowest BCUT2D eigenvalue weighted by Crippen LogP contribution is -1.63. The molecule has 1 aromatic rings. The van der Waals surface area contributed by atoms with E-state index >= 15 is 0 Å². The third kappa shape index (κ3) is 0.314. The fourth-order valence-electron chi connectivity index (χ4n) is 0.196. The normalized spacial score (nSPS) is 8.67. The maximum Gasteiger partial charge on any atom is 0.250 e. The van der Waals surface area contributed by atoms with Crippen LogP contribution in [0.3, 0.4) is 0 Å². The van der Waals surface area contributed by atoms with Crippen molar-refractivity contribution in [1.29, 1.82) is 0 Å². The molecule has 6 heavy (non-hydrogen) atoms. The molecular weight excluding hydrogens is 82.0 g/mol. The van der Waals surface area contributed by atoms with E-state index in [1.54, 1.807) is 0 Å². The molecule has 0 atom stereocenters. The van der Waals surface area contributed by atoms with Gasteiger partial charge in [0.25, 0.3) is 5.88 Å². The zero-order chi connectivity index (χ0) is 4.41. The van der Waals surface area contributed by atoms with Crippen LogP contribution in [0.5, 0.6) is 5.88 Å². The maximum absolute atomic E-state index is 8.27. The average Bonchev–Trinajstić information content (AvgIpc) is 1.86. The lowest BCUT2D eigenvalue weighted by molar-refractivity contribution is 0.452. The molecule has 4 heteroatoms. The van der Waals surface area contributed by atoms with Crippen LogP contribution in [0.4, 0.5) is 0 Å². The van der Waals surface area contributed by atoms with Crippen molar-refractivity contribution < 1.29 is 5.11 Å². The van der Waals surface area contributed by atoms with Crippen LogP contribution in [0.1, 0.15) is 0 Å². The highest BCUT2D eigenvalue weighted by atomic mass is 16.3. The molecule has 4 nitrogen and oxygen atoms in total. The standard InChI is InChI=1S/C2H3N3O/c6-2-1-3-5-4-2/h1H,(H2,3,4,5,6). The van der Waals surface area contributed by atoms with Gasteiger partial charge in [-0.05, 0) is 0 Å². The smallest absolute Gasteiger partial charge is 0.250 e. The number of H-pyrrole nitrogens is 1. The summed E-state index contributed by atoms with van der Waals surface area (Å²) in [7, 11) is 0. The molecule has 0 spiro atoms. The van der Waals surface area contributed by atoms with Crippen molar-refractivity contribution in [3.8, 4) is 5.88 Å². The third-order valence-electron chi connectivity index (χ3n) is 0.402. The SMILES string of the molecule is Oc1cn[nH]n1. The second kappa shape index (κ2) is 0.965. The monoisotopic (exact) mass is 85.0 g/mol. The minimum absolute atomic E-state index is 0.0741. The first-order valence-corrected chi connectivity index (χ1v) is 1.44. The van der Waals surface area contributed by atoms with Crippen molar-refractivity contribution in [2.75, 3.05) is 0 Å². The van der Waals surface area contributed by atoms with Gasteiger partial charge in [0.15, 0.2) is 0 Å². The molecule has 0 fully saturated rings. The van der Waals surface area contributed by atoms with Crippen LogP contribution in [-0.4, -0.2) is 20.5 Å². The van der Waals surface area contributed by atoms with E-state index in [1.807, 2.05) is 0 Å². The maximum atomic E-state index is 8.27. The van der Waals surface area contributed by atoms with Crippen LogP contribution in [-0.2, 0) is 0 Å². The highest BCUT2D eigenvalue weighted by Crippen LogP contribution is 1.90. The summed E-state index contributed by atoms with van der Waals surface area (Å²) in [5, 5.41) is 17.0. The van der Waals surface area contributed by atoms with Crippen LogP contribution in [0.15, 0.2) is 6.20 Å². The lowest BCUT2D eigenvalue weighted by atomic mass is 10.9. The van der Waals surface area contributed by atoms with Crippen LogP contribution >= 0.6 is 0 Å². The number of aromatic amines is 1. The van der Waals surface area contributed by atoms with E-state index < -0.39 is 0 Å². The molecule has 32 valence electrons. The molecule has 0 aliphatic heterocycles. The van der Waals surface area contributed by atoms with Crippen LogP contribution in [0, 0.1) is 0 Å². The summed E-state index contributed by atoms with van der Waals surface area (Å²) in [6.07, 6.45) is 1.22. The summed E-state index contributed by atoms with van der Waals surface area (Å²) in [5.41, 5.74) is 0. The molecule has 1 aromatic heterocycles. The second-order valence-corrected chi connectivity index (χ2v) is 0.828. The van der Waals surface area contributed by atoms with Crippen molar-refractivity contribution in [3.05, 3.63) is 6.20 Å². The number of aromatic hydroxyl groups is 1. The highest BCUT2D eigenvalue weighted by molar-refractivity contribution is 4.92. The van der Waals surface area contributed by atoms with Crippen LogP contribution in [0.2, 0.25) is 0 Å². The second-order valence-electron chi connectivity index (χ2n) is 0.828. The highest BCUT2D eigenvalue weighted by Gasteiger charge is 1.79. The predicted molar refractivity (Wildman–Crippen MR) is 18.0 cm³/mol. The number of rotatable bonds is 0. The zero-order valence-corrected chi connectivity index (χ0v) is 2.92. The molecule has 1 rings (SSSR count). The van der Waals surface area contributed by atoms with Gasteiger partial charge in [0, 0.05) is 0 Å². The van der Waals surface area contributed by atoms with Crippen LogP contribution < -0.4 is 0 Å². The minimum atomic E-state index is -0.0741. The van der Waals surface area contributed by atoms with Crippen molar-refractivity contribution in [3.63, 3.8) is 0 Å². The number of nitrogens with one attached hydrogen (secondary N) is 1. The topological polar surface area (TPSA) is 61.8 Å². The van der Waals surface area contributed by atoms with Gasteiger partial charge in [-0.15, -0.1) is 5.10 Å². The van der Waals surface area contributed by atoms with E-state index in [0.29, 0.717) is 0 Å². The van der Waals surface area contributed by atoms with Gasteiger partial charge in [-0.25, -0.2) is 0 Å². The van der Waals surface area contributed by atoms with Gasteiger partial charge >= 0.3 is 0 Å². The minimum Gasteiger partial charge on any atom is -0.491 e. The molecule has 0 aromatic carbocycles. The van der Waals surface area contributed by atoms with Crippen molar-refractivity contribution in [1.82, 2.24) is 15.4 Å². The zero-order valence-electron chi connectivity index (χ0n) is 2.92. The Morgan fingerprint density at radius 2 is 2.67 bits per heavy atom. The van der Waals surface area contributed by atoms with Crippen molar-refractivity contribution >= 4 is 0 Å². The van der Waals surface area contributed by atoms with Gasteiger partial charge < -0.3 is 5.11 Å². The van der Waals surface area contributed by atoms with E-state index in [9.17, 15) is 0 Å². The molecule has 0 bridgehead atoms. The summed E-state index contributed by atoms with van der Waals surface area (Å²) in [6.45, 7) is 0. The Hall–Kier alpha value is -1.06. The molecule has 0 aliphatic rings. The predicted octanol–water partition coefficient (Wildman–Crippen LogP) is -0.490. The van der Waals surface area contributed by atoms with E-state index in [1.165, 1.54) is 6.20 Å². The summed E-state index contributed by atoms with van der Waals surface area (Å²) < 4.78 is 0. The average molecular weight is 85.1 g/mol. The molecule has 1 heterocycles. The Bertz CT molecular complexity index is 112. The molecule has 0 radical (unpaired) electrons. The largest absolute Gasteiger partial charge is 0.491 e. The molecule has 2 N–H and O–H groups in total. The Morgan fingerprint density at radius 3 is 2.83 bits per heavy atom. The molecule has 0 saturated heterocycles. The Balaban J connectivity index is 3.05. The Labute approximate surface area is 33.8 Å². The molecule has 0 unspecified atom stereocenters. The summed E-state index contributed by atoms with van der Waals surface area (Å²) in [5.74, 6) is -0.0741. The van der Waals surface area contributed by atoms with E-state index in [-0.39, 0.29) is 5.88 Å². The fraction of sp³-hybridized carbons (Fsp3) is 0. The number of hydrogen-bond acceptors (Lipinski definition) is 3. The number of aromatic nitrogens is 3. The third-order valence-corrected chi connectivity index (χ3v) is 0.402. The number of nitrogens with zero attached hydrogens (tertiary/aromatic N) is 2. The summed E-state index contributed by atoms with van der Waals surface area (Å²) >= 11 is 0. The molecular formula is C2H3N3O. The van der Waals surface area contributed by atoms with Crippen molar-refractivity contribution in [2.45, 2.75) is 0 Å². The first-order chi connectivity index (χ1) is 2.89. The Morgan fingerprint density at radius 1 is 1.83 bits per heavy atom. The quantitative estimate of drug-likeness (QED) is 0.447. The van der Waals surface area contributed by atoms with E-state index in [4.69, 9.17) is 5.11 Å². The van der Waals surface area contributed by atoms with Gasteiger partial charge in [-0.2, -0.15) is 10.3 Å². The summed E-state index contributed by atoms with van der Waals surface area (Å²) in [4.78, 5) is 0. The van der Waals surface area contributed by atoms with Crippen molar-refractivity contribution in [2.24, 2.45) is 0 Å². The lowest BCUT2D eigenvalue weighted by Gasteiger charge is -1.64. The van der Waals surface area contributed by atoms with E-state index in [2.05, 4.69) is 15.4 Å². The van der Waals surface area contributed by atoms with E-state index in [0.717, 1.165) is 0 Å². The number of hydrogen-bond donors (Lipinski definition) is 2. The van der Waals surface area contributed by atoms with Gasteiger partial charge in [-0.3, -0.25) is 0 Å². The van der Waals surface area contributed by atoms with Gasteiger partial charge in [-0.1, -0.05) is 0 Å². The fourth-order valence-corrected chi connectivity index (χ4v) is 0.196.